The molecule has 1 aliphatic heterocycles. The monoisotopic (exact) mass is 332 g/mol. The van der Waals surface area contributed by atoms with Crippen LogP contribution in [0.2, 0.25) is 5.02 Å². The van der Waals surface area contributed by atoms with Gasteiger partial charge in [-0.1, -0.05) is 48.0 Å². The van der Waals surface area contributed by atoms with Gasteiger partial charge in [0.25, 0.3) is 0 Å². The van der Waals surface area contributed by atoms with Crippen LogP contribution < -0.4 is 0 Å². The fourth-order valence-electron chi connectivity index (χ4n) is 3.55. The molecule has 2 aliphatic rings. The number of allylic oxidation sites excluding steroid dienone is 1. The normalized spacial score (nSPS) is 21.9. The number of hydrogen-bond donors (Lipinski definition) is 0. The Labute approximate surface area is 144 Å². The molecule has 0 fully saturated rings. The van der Waals surface area contributed by atoms with Crippen molar-refractivity contribution in [3.63, 3.8) is 0 Å². The van der Waals surface area contributed by atoms with Gasteiger partial charge in [-0.05, 0) is 24.6 Å². The summed E-state index contributed by atoms with van der Waals surface area (Å²) in [6.45, 7) is 1.85. The number of hydrogen-bond acceptors (Lipinski definition) is 3. The number of nitriles is 1. The molecule has 0 saturated carbocycles. The number of ketones is 1. The molecule has 1 heterocycles. The predicted molar refractivity (Wildman–Crippen MR) is 94.1 cm³/mol. The third-order valence-electron chi connectivity index (χ3n) is 4.68. The van der Waals surface area contributed by atoms with E-state index >= 15 is 0 Å². The maximum atomic E-state index is 13.0. The number of carbonyl (C=O) groups is 1. The highest BCUT2D eigenvalue weighted by molar-refractivity contribution is 6.30. The number of Topliss-reactive ketones (excluding diaryl/α,β-unsaturated/α-hetero) is 1. The second kappa shape index (κ2) is 5.43. The van der Waals surface area contributed by atoms with E-state index in [1.807, 2.05) is 43.3 Å². The van der Waals surface area contributed by atoms with Crippen molar-refractivity contribution >= 4 is 28.8 Å². The van der Waals surface area contributed by atoms with E-state index in [-0.39, 0.29) is 11.7 Å². The van der Waals surface area contributed by atoms with Gasteiger partial charge in [-0.2, -0.15) is 5.26 Å². The zero-order valence-corrected chi connectivity index (χ0v) is 13.7. The molecule has 4 heteroatoms. The number of rotatable bonds is 1. The van der Waals surface area contributed by atoms with Gasteiger partial charge >= 0.3 is 0 Å². The van der Waals surface area contributed by atoms with E-state index in [0.717, 1.165) is 16.8 Å². The van der Waals surface area contributed by atoms with Crippen molar-refractivity contribution in [1.82, 2.24) is 0 Å². The topological polar surface area (TPSA) is 53.2 Å². The third kappa shape index (κ3) is 2.04. The lowest BCUT2D eigenvalue weighted by molar-refractivity contribution is 0.103. The standard InChI is InChI=1S/C20H13ClN2O/c1-11-16(10-22)17(12-6-8-13(21)9-7-12)18-19(23-11)14-4-2-3-5-15(14)20(18)24/h2-9,16-17H,1H3. The van der Waals surface area contributed by atoms with Gasteiger partial charge in [0.2, 0.25) is 0 Å². The average Bonchev–Trinajstić information content (AvgIpc) is 2.87. The van der Waals surface area contributed by atoms with Gasteiger partial charge in [-0.25, -0.2) is 0 Å². The van der Waals surface area contributed by atoms with Crippen LogP contribution >= 0.6 is 11.6 Å². The Hall–Kier alpha value is -2.70. The molecule has 2 aromatic carbocycles. The fraction of sp³-hybridized carbons (Fsp3) is 0.150. The van der Waals surface area contributed by atoms with E-state index in [2.05, 4.69) is 11.1 Å². The summed E-state index contributed by atoms with van der Waals surface area (Å²) in [6.07, 6.45) is 0. The molecule has 4 rings (SSSR count). The Kier molecular flexibility index (Phi) is 3.37. The summed E-state index contributed by atoms with van der Waals surface area (Å²) in [7, 11) is 0. The lowest BCUT2D eigenvalue weighted by atomic mass is 9.76. The molecule has 24 heavy (non-hydrogen) atoms. The highest BCUT2D eigenvalue weighted by Crippen LogP contribution is 2.47. The van der Waals surface area contributed by atoms with E-state index in [4.69, 9.17) is 11.6 Å². The maximum absolute atomic E-state index is 13.0. The predicted octanol–water partition coefficient (Wildman–Crippen LogP) is 4.65. The highest BCUT2D eigenvalue weighted by Gasteiger charge is 2.42. The van der Waals surface area contributed by atoms with E-state index < -0.39 is 5.92 Å². The average molecular weight is 333 g/mol. The van der Waals surface area contributed by atoms with Crippen molar-refractivity contribution in [1.29, 1.82) is 5.26 Å². The molecule has 0 aromatic heterocycles. The van der Waals surface area contributed by atoms with Crippen LogP contribution in [-0.2, 0) is 0 Å². The summed E-state index contributed by atoms with van der Waals surface area (Å²) >= 11 is 5.99. The molecule has 2 unspecified atom stereocenters. The number of nitrogens with zero attached hydrogens (tertiary/aromatic N) is 2. The molecular formula is C20H13ClN2O. The zero-order chi connectivity index (χ0) is 16.8. The van der Waals surface area contributed by atoms with Crippen molar-refractivity contribution in [3.05, 3.63) is 75.8 Å². The molecule has 0 N–H and O–H groups in total. The van der Waals surface area contributed by atoms with Crippen molar-refractivity contribution in [3.8, 4) is 6.07 Å². The van der Waals surface area contributed by atoms with Crippen LogP contribution in [0.25, 0.3) is 5.70 Å². The Morgan fingerprint density at radius 1 is 1.08 bits per heavy atom. The highest BCUT2D eigenvalue weighted by atomic mass is 35.5. The van der Waals surface area contributed by atoms with Gasteiger partial charge in [0.1, 0.15) is 0 Å². The number of aliphatic imine (C=N–C) groups is 1. The quantitative estimate of drug-likeness (QED) is 0.763. The molecule has 0 amide bonds. The van der Waals surface area contributed by atoms with Crippen molar-refractivity contribution in [2.75, 3.05) is 0 Å². The fourth-order valence-corrected chi connectivity index (χ4v) is 3.67. The third-order valence-corrected chi connectivity index (χ3v) is 4.93. The van der Waals surface area contributed by atoms with Crippen LogP contribution in [0.15, 0.2) is 59.1 Å². The van der Waals surface area contributed by atoms with Crippen LogP contribution in [-0.4, -0.2) is 11.5 Å². The Morgan fingerprint density at radius 2 is 1.75 bits per heavy atom. The van der Waals surface area contributed by atoms with Gasteiger partial charge < -0.3 is 0 Å². The Morgan fingerprint density at radius 3 is 2.42 bits per heavy atom. The van der Waals surface area contributed by atoms with Gasteiger partial charge in [0.15, 0.2) is 5.78 Å². The van der Waals surface area contributed by atoms with E-state index in [9.17, 15) is 10.1 Å². The summed E-state index contributed by atoms with van der Waals surface area (Å²) in [5.74, 6) is -0.806. The maximum Gasteiger partial charge on any atom is 0.192 e. The Bertz CT molecular complexity index is 964. The molecule has 116 valence electrons. The largest absolute Gasteiger partial charge is 0.289 e. The number of fused-ring (bicyclic) bond motifs is 2. The first-order chi connectivity index (χ1) is 11.6. The van der Waals surface area contributed by atoms with Gasteiger partial charge in [-0.3, -0.25) is 9.79 Å². The molecule has 0 spiro atoms. The van der Waals surface area contributed by atoms with Crippen LogP contribution in [0.3, 0.4) is 0 Å². The molecule has 1 aliphatic carbocycles. The number of halogens is 1. The second-order valence-electron chi connectivity index (χ2n) is 6.03. The first-order valence-corrected chi connectivity index (χ1v) is 8.08. The van der Waals surface area contributed by atoms with Crippen LogP contribution in [0.1, 0.15) is 34.3 Å². The number of carbonyl (C=O) groups excluding carboxylic acids is 1. The van der Waals surface area contributed by atoms with Crippen LogP contribution in [0.4, 0.5) is 0 Å². The SMILES string of the molecule is CC1=NC2=C(C(=O)c3ccccc32)C(c2ccc(Cl)cc2)C1C#N. The molecule has 3 nitrogen and oxygen atoms in total. The molecule has 0 saturated heterocycles. The van der Waals surface area contributed by atoms with Crippen LogP contribution in [0.5, 0.6) is 0 Å². The minimum Gasteiger partial charge on any atom is -0.289 e. The first-order valence-electron chi connectivity index (χ1n) is 7.70. The summed E-state index contributed by atoms with van der Waals surface area (Å²) in [5.41, 5.74) is 4.49. The van der Waals surface area contributed by atoms with Crippen molar-refractivity contribution in [2.24, 2.45) is 10.9 Å². The summed E-state index contributed by atoms with van der Waals surface area (Å²) in [5, 5.41) is 10.3. The van der Waals surface area contributed by atoms with E-state index in [0.29, 0.717) is 21.9 Å². The molecule has 0 bridgehead atoms. The van der Waals surface area contributed by atoms with E-state index in [1.54, 1.807) is 12.1 Å². The van der Waals surface area contributed by atoms with E-state index in [1.165, 1.54) is 0 Å². The summed E-state index contributed by atoms with van der Waals surface area (Å²) < 4.78 is 0. The zero-order valence-electron chi connectivity index (χ0n) is 13.0. The number of benzene rings is 2. The molecule has 2 atom stereocenters. The van der Waals surface area contributed by atoms with Gasteiger partial charge in [-0.15, -0.1) is 0 Å². The smallest absolute Gasteiger partial charge is 0.192 e. The lowest BCUT2D eigenvalue weighted by Crippen LogP contribution is -2.26. The first kappa shape index (κ1) is 14.9. The molecule has 0 radical (unpaired) electrons. The summed E-state index contributed by atoms with van der Waals surface area (Å²) in [6, 6.07) is 17.2. The van der Waals surface area contributed by atoms with Gasteiger partial charge in [0, 0.05) is 33.4 Å². The Balaban J connectivity index is 1.96. The van der Waals surface area contributed by atoms with Crippen molar-refractivity contribution in [2.45, 2.75) is 12.8 Å². The summed E-state index contributed by atoms with van der Waals surface area (Å²) in [4.78, 5) is 17.6. The second-order valence-corrected chi connectivity index (χ2v) is 6.46. The minimum absolute atomic E-state index is 0.0305. The van der Waals surface area contributed by atoms with Crippen LogP contribution in [0, 0.1) is 17.2 Å². The minimum atomic E-state index is -0.455. The van der Waals surface area contributed by atoms with Gasteiger partial charge in [0.05, 0.1) is 17.7 Å². The van der Waals surface area contributed by atoms with Crippen molar-refractivity contribution < 1.29 is 4.79 Å². The lowest BCUT2D eigenvalue weighted by Gasteiger charge is -2.27. The molecular weight excluding hydrogens is 320 g/mol. The molecule has 2 aromatic rings.